The van der Waals surface area contributed by atoms with Gasteiger partial charge in [0.05, 0.1) is 12.7 Å². The highest BCUT2D eigenvalue weighted by Gasteiger charge is 2.12. The van der Waals surface area contributed by atoms with Crippen LogP contribution in [0.3, 0.4) is 0 Å². The van der Waals surface area contributed by atoms with Gasteiger partial charge in [0, 0.05) is 4.47 Å². The van der Waals surface area contributed by atoms with E-state index in [4.69, 9.17) is 9.26 Å². The lowest BCUT2D eigenvalue weighted by Gasteiger charge is -2.04. The second-order valence-electron chi connectivity index (χ2n) is 2.99. The van der Waals surface area contributed by atoms with Crippen molar-refractivity contribution in [2.45, 2.75) is 6.92 Å². The molecule has 0 saturated heterocycles. The molecule has 0 bridgehead atoms. The zero-order chi connectivity index (χ0) is 10.8. The second-order valence-corrected chi connectivity index (χ2v) is 3.91. The first kappa shape index (κ1) is 10.2. The third-order valence-electron chi connectivity index (χ3n) is 1.92. The minimum atomic E-state index is 0.464. The van der Waals surface area contributed by atoms with Gasteiger partial charge >= 0.3 is 0 Å². The molecule has 0 amide bonds. The molecule has 2 rings (SSSR count). The number of methoxy groups -OCH3 is 1. The average Bonchev–Trinajstić information content (AvgIpc) is 2.65. The first-order valence-electron chi connectivity index (χ1n) is 4.35. The molecule has 2 aromatic rings. The second kappa shape index (κ2) is 4.02. The highest BCUT2D eigenvalue weighted by atomic mass is 79.9. The van der Waals surface area contributed by atoms with Crippen LogP contribution in [0.4, 0.5) is 0 Å². The van der Waals surface area contributed by atoms with Crippen LogP contribution in [0.25, 0.3) is 11.5 Å². The minimum absolute atomic E-state index is 0.464. The number of ether oxygens (including phenoxy) is 1. The molecule has 0 aliphatic rings. The van der Waals surface area contributed by atoms with Gasteiger partial charge in [0.15, 0.2) is 5.82 Å². The molecule has 15 heavy (non-hydrogen) atoms. The normalized spacial score (nSPS) is 10.3. The molecule has 0 spiro atoms. The fourth-order valence-electron chi connectivity index (χ4n) is 1.25. The van der Waals surface area contributed by atoms with E-state index in [1.807, 2.05) is 18.2 Å². The number of aryl methyl sites for hydroxylation is 1. The molecule has 1 aromatic carbocycles. The fraction of sp³-hybridized carbons (Fsp3) is 0.200. The molecule has 5 heteroatoms. The molecule has 1 aromatic heterocycles. The van der Waals surface area contributed by atoms with E-state index in [0.29, 0.717) is 17.5 Å². The maximum absolute atomic E-state index is 5.22. The molecule has 0 aliphatic heterocycles. The third kappa shape index (κ3) is 2.02. The quantitative estimate of drug-likeness (QED) is 0.841. The fourth-order valence-corrected chi connectivity index (χ4v) is 1.61. The van der Waals surface area contributed by atoms with Crippen molar-refractivity contribution < 1.29 is 9.26 Å². The number of benzene rings is 1. The van der Waals surface area contributed by atoms with Crippen LogP contribution in [0, 0.1) is 6.92 Å². The van der Waals surface area contributed by atoms with E-state index in [9.17, 15) is 0 Å². The van der Waals surface area contributed by atoms with Gasteiger partial charge in [-0.15, -0.1) is 0 Å². The maximum Gasteiger partial charge on any atom is 0.261 e. The van der Waals surface area contributed by atoms with Crippen molar-refractivity contribution >= 4 is 15.9 Å². The van der Waals surface area contributed by atoms with E-state index in [0.717, 1.165) is 10.0 Å². The van der Waals surface area contributed by atoms with Crippen molar-refractivity contribution in [3.05, 3.63) is 28.5 Å². The SMILES string of the molecule is COc1ccc(Br)cc1-c1nc(C)no1. The van der Waals surface area contributed by atoms with Crippen molar-refractivity contribution in [3.63, 3.8) is 0 Å². The Morgan fingerprint density at radius 1 is 1.40 bits per heavy atom. The van der Waals surface area contributed by atoms with E-state index >= 15 is 0 Å². The Labute approximate surface area is 95.4 Å². The molecule has 0 N–H and O–H groups in total. The lowest BCUT2D eigenvalue weighted by molar-refractivity contribution is 0.403. The Morgan fingerprint density at radius 3 is 2.80 bits per heavy atom. The van der Waals surface area contributed by atoms with Crippen LogP contribution in [-0.4, -0.2) is 17.3 Å². The molecule has 4 nitrogen and oxygen atoms in total. The topological polar surface area (TPSA) is 48.2 Å². The summed E-state index contributed by atoms with van der Waals surface area (Å²) in [6.45, 7) is 1.78. The highest BCUT2D eigenvalue weighted by Crippen LogP contribution is 2.31. The molecular formula is C10H9BrN2O2. The first-order chi connectivity index (χ1) is 7.20. The van der Waals surface area contributed by atoms with Gasteiger partial charge in [-0.1, -0.05) is 21.1 Å². The lowest BCUT2D eigenvalue weighted by Crippen LogP contribution is -1.88. The number of halogens is 1. The van der Waals surface area contributed by atoms with Crippen molar-refractivity contribution in [2.24, 2.45) is 0 Å². The number of aromatic nitrogens is 2. The number of hydrogen-bond donors (Lipinski definition) is 0. The molecule has 0 fully saturated rings. The molecule has 0 radical (unpaired) electrons. The van der Waals surface area contributed by atoms with Gasteiger partial charge in [-0.2, -0.15) is 4.98 Å². The predicted octanol–water partition coefficient (Wildman–Crippen LogP) is 2.82. The van der Waals surface area contributed by atoms with Crippen LogP contribution in [0.15, 0.2) is 27.2 Å². The summed E-state index contributed by atoms with van der Waals surface area (Å²) in [6.07, 6.45) is 0. The number of nitrogens with zero attached hydrogens (tertiary/aromatic N) is 2. The van der Waals surface area contributed by atoms with E-state index in [1.54, 1.807) is 14.0 Å². The van der Waals surface area contributed by atoms with Gasteiger partial charge in [-0.25, -0.2) is 0 Å². The highest BCUT2D eigenvalue weighted by molar-refractivity contribution is 9.10. The minimum Gasteiger partial charge on any atom is -0.496 e. The van der Waals surface area contributed by atoms with E-state index in [-0.39, 0.29) is 0 Å². The predicted molar refractivity (Wildman–Crippen MR) is 58.7 cm³/mol. The van der Waals surface area contributed by atoms with Gasteiger partial charge in [-0.05, 0) is 25.1 Å². The van der Waals surface area contributed by atoms with Crippen LogP contribution in [-0.2, 0) is 0 Å². The molecule has 0 atom stereocenters. The van der Waals surface area contributed by atoms with Crippen molar-refractivity contribution in [2.75, 3.05) is 7.11 Å². The van der Waals surface area contributed by atoms with Gasteiger partial charge in [0.2, 0.25) is 0 Å². The summed E-state index contributed by atoms with van der Waals surface area (Å²) in [5, 5.41) is 3.74. The lowest BCUT2D eigenvalue weighted by atomic mass is 10.2. The zero-order valence-corrected chi connectivity index (χ0v) is 9.91. The zero-order valence-electron chi connectivity index (χ0n) is 8.32. The Morgan fingerprint density at radius 2 is 2.20 bits per heavy atom. The summed E-state index contributed by atoms with van der Waals surface area (Å²) >= 11 is 3.38. The molecule has 0 saturated carbocycles. The van der Waals surface area contributed by atoms with Crippen LogP contribution in [0.2, 0.25) is 0 Å². The summed E-state index contributed by atoms with van der Waals surface area (Å²) in [7, 11) is 1.61. The van der Waals surface area contributed by atoms with E-state index in [2.05, 4.69) is 26.1 Å². The first-order valence-corrected chi connectivity index (χ1v) is 5.14. The van der Waals surface area contributed by atoms with Gasteiger partial charge in [0.25, 0.3) is 5.89 Å². The summed E-state index contributed by atoms with van der Waals surface area (Å²) in [6, 6.07) is 5.62. The monoisotopic (exact) mass is 268 g/mol. The Balaban J connectivity index is 2.55. The summed E-state index contributed by atoms with van der Waals surface area (Å²) < 4.78 is 11.2. The Bertz CT molecular complexity index is 482. The average molecular weight is 269 g/mol. The van der Waals surface area contributed by atoms with Gasteiger partial charge in [-0.3, -0.25) is 0 Å². The number of rotatable bonds is 2. The molecular weight excluding hydrogens is 260 g/mol. The molecule has 1 heterocycles. The van der Waals surface area contributed by atoms with Crippen LogP contribution in [0.5, 0.6) is 5.75 Å². The van der Waals surface area contributed by atoms with E-state index < -0.39 is 0 Å². The molecule has 78 valence electrons. The van der Waals surface area contributed by atoms with Gasteiger partial charge < -0.3 is 9.26 Å². The Kier molecular flexibility index (Phi) is 2.73. The smallest absolute Gasteiger partial charge is 0.261 e. The largest absolute Gasteiger partial charge is 0.496 e. The molecule has 0 unspecified atom stereocenters. The third-order valence-corrected chi connectivity index (χ3v) is 2.41. The Hall–Kier alpha value is -1.36. The van der Waals surface area contributed by atoms with Crippen molar-refractivity contribution in [1.29, 1.82) is 0 Å². The van der Waals surface area contributed by atoms with Crippen LogP contribution in [0.1, 0.15) is 5.82 Å². The van der Waals surface area contributed by atoms with Crippen molar-refractivity contribution in [3.8, 4) is 17.2 Å². The summed E-state index contributed by atoms with van der Waals surface area (Å²) in [4.78, 5) is 4.15. The summed E-state index contributed by atoms with van der Waals surface area (Å²) in [5.74, 6) is 1.78. The van der Waals surface area contributed by atoms with Crippen LogP contribution < -0.4 is 4.74 Å². The van der Waals surface area contributed by atoms with E-state index in [1.165, 1.54) is 0 Å². The number of hydrogen-bond acceptors (Lipinski definition) is 4. The van der Waals surface area contributed by atoms with Gasteiger partial charge in [0.1, 0.15) is 5.75 Å². The molecule has 0 aliphatic carbocycles. The summed E-state index contributed by atoms with van der Waals surface area (Å²) in [5.41, 5.74) is 0.785. The van der Waals surface area contributed by atoms with Crippen molar-refractivity contribution in [1.82, 2.24) is 10.1 Å². The standard InChI is InChI=1S/C10H9BrN2O2/c1-6-12-10(15-13-6)8-5-7(11)3-4-9(8)14-2/h3-5H,1-2H3. The van der Waals surface area contributed by atoms with Crippen LogP contribution >= 0.6 is 15.9 Å². The maximum atomic E-state index is 5.22.